The van der Waals surface area contributed by atoms with E-state index in [-0.39, 0.29) is 23.0 Å². The zero-order valence-electron chi connectivity index (χ0n) is 17.9. The molecule has 5 aromatic rings. The number of halogens is 4. The zero-order valence-corrected chi connectivity index (χ0v) is 17.9. The minimum atomic E-state index is -4.50. The van der Waals surface area contributed by atoms with Gasteiger partial charge in [0, 0.05) is 23.5 Å². The third-order valence-corrected chi connectivity index (χ3v) is 4.94. The van der Waals surface area contributed by atoms with Gasteiger partial charge in [-0.25, -0.2) is 19.3 Å². The van der Waals surface area contributed by atoms with Crippen molar-refractivity contribution in [1.82, 2.24) is 30.4 Å². The average molecular weight is 495 g/mol. The molecule has 0 aliphatic rings. The van der Waals surface area contributed by atoms with Crippen molar-refractivity contribution in [1.29, 1.82) is 0 Å². The Morgan fingerprint density at radius 3 is 2.47 bits per heavy atom. The van der Waals surface area contributed by atoms with E-state index in [2.05, 4.69) is 35.7 Å². The van der Waals surface area contributed by atoms with Crippen molar-refractivity contribution in [2.45, 2.75) is 6.18 Å². The molecule has 0 unspecified atom stereocenters. The van der Waals surface area contributed by atoms with Crippen molar-refractivity contribution >= 4 is 22.8 Å². The lowest BCUT2D eigenvalue weighted by Crippen LogP contribution is -2.14. The van der Waals surface area contributed by atoms with E-state index in [4.69, 9.17) is 4.74 Å². The molecular weight excluding hydrogens is 482 g/mol. The summed E-state index contributed by atoms with van der Waals surface area (Å²) in [4.78, 5) is 24.8. The van der Waals surface area contributed by atoms with Gasteiger partial charge in [0.2, 0.25) is 11.5 Å². The average Bonchev–Trinajstić information content (AvgIpc) is 3.33. The molecule has 0 atom stereocenters. The normalized spacial score (nSPS) is 11.4. The monoisotopic (exact) mass is 495 g/mol. The SMILES string of the molecule is O=C(Nc1ccc(Oc2ccc(C(F)(F)F)cn2)cc1)c1cc(-c2ncc3n[nH]nc3n2)ccc1F. The van der Waals surface area contributed by atoms with Gasteiger partial charge < -0.3 is 10.1 Å². The third kappa shape index (κ3) is 4.80. The topological polar surface area (TPSA) is 119 Å². The number of anilines is 1. The number of hydrogen-bond acceptors (Lipinski definition) is 7. The molecule has 9 nitrogen and oxygen atoms in total. The van der Waals surface area contributed by atoms with Crippen LogP contribution in [0, 0.1) is 5.82 Å². The number of fused-ring (bicyclic) bond motifs is 1. The molecule has 180 valence electrons. The van der Waals surface area contributed by atoms with E-state index in [1.165, 1.54) is 42.6 Å². The number of aromatic amines is 1. The van der Waals surface area contributed by atoms with Gasteiger partial charge in [-0.05, 0) is 48.5 Å². The fraction of sp³-hybridized carbons (Fsp3) is 0.0435. The van der Waals surface area contributed by atoms with Crippen LogP contribution in [0.3, 0.4) is 0 Å². The lowest BCUT2D eigenvalue weighted by atomic mass is 10.1. The summed E-state index contributed by atoms with van der Waals surface area (Å²) in [6.07, 6.45) is -2.38. The number of carbonyl (C=O) groups is 1. The van der Waals surface area contributed by atoms with E-state index in [0.717, 1.165) is 18.2 Å². The van der Waals surface area contributed by atoms with Crippen LogP contribution in [0.2, 0.25) is 0 Å². The quantitative estimate of drug-likeness (QED) is 0.329. The summed E-state index contributed by atoms with van der Waals surface area (Å²) >= 11 is 0. The number of alkyl halides is 3. The van der Waals surface area contributed by atoms with Gasteiger partial charge in [-0.2, -0.15) is 23.5 Å². The fourth-order valence-corrected chi connectivity index (χ4v) is 3.17. The smallest absolute Gasteiger partial charge is 0.417 e. The maximum atomic E-state index is 14.4. The Morgan fingerprint density at radius 1 is 0.944 bits per heavy atom. The van der Waals surface area contributed by atoms with Crippen molar-refractivity contribution in [3.63, 3.8) is 0 Å². The Morgan fingerprint density at radius 2 is 1.75 bits per heavy atom. The second-order valence-electron chi connectivity index (χ2n) is 7.38. The van der Waals surface area contributed by atoms with Gasteiger partial charge in [-0.15, -0.1) is 5.10 Å². The number of aromatic nitrogens is 6. The first-order chi connectivity index (χ1) is 17.3. The van der Waals surface area contributed by atoms with Crippen LogP contribution in [0.4, 0.5) is 23.2 Å². The van der Waals surface area contributed by atoms with Crippen LogP contribution >= 0.6 is 0 Å². The van der Waals surface area contributed by atoms with Crippen molar-refractivity contribution in [3.05, 3.63) is 83.9 Å². The first-order valence-electron chi connectivity index (χ1n) is 10.2. The number of pyridine rings is 1. The number of carbonyl (C=O) groups excluding carboxylic acids is 1. The highest BCUT2D eigenvalue weighted by atomic mass is 19.4. The summed E-state index contributed by atoms with van der Waals surface area (Å²) < 4.78 is 57.8. The van der Waals surface area contributed by atoms with Crippen LogP contribution in [-0.2, 0) is 6.18 Å². The standard InChI is InChI=1S/C23H13F4N7O2/c24-17-7-1-12(20-29-11-18-21(31-20)33-34-32-18)9-16(17)22(35)30-14-3-5-15(6-4-14)36-19-8-2-13(10-28-19)23(25,26)27/h1-11H,(H,30,35)(H,29,31,32,33,34). The zero-order chi connectivity index (χ0) is 25.3. The predicted molar refractivity (Wildman–Crippen MR) is 119 cm³/mol. The first kappa shape index (κ1) is 22.8. The summed E-state index contributed by atoms with van der Waals surface area (Å²) in [5, 5.41) is 12.7. The van der Waals surface area contributed by atoms with Crippen molar-refractivity contribution in [2.24, 2.45) is 0 Å². The van der Waals surface area contributed by atoms with Crippen molar-refractivity contribution in [3.8, 4) is 23.0 Å². The second kappa shape index (κ2) is 9.02. The Balaban J connectivity index is 1.29. The van der Waals surface area contributed by atoms with Crippen LogP contribution in [0.15, 0.2) is 67.0 Å². The van der Waals surface area contributed by atoms with E-state index in [9.17, 15) is 22.4 Å². The molecule has 0 spiro atoms. The highest BCUT2D eigenvalue weighted by Crippen LogP contribution is 2.30. The van der Waals surface area contributed by atoms with Gasteiger partial charge in [-0.3, -0.25) is 4.79 Å². The molecule has 3 heterocycles. The predicted octanol–water partition coefficient (Wildman–Crippen LogP) is 5.01. The van der Waals surface area contributed by atoms with Gasteiger partial charge in [0.15, 0.2) is 5.82 Å². The summed E-state index contributed by atoms with van der Waals surface area (Å²) in [6.45, 7) is 0. The molecular formula is C23H13F4N7O2. The summed E-state index contributed by atoms with van der Waals surface area (Å²) in [6, 6.07) is 11.8. The molecule has 2 aromatic carbocycles. The van der Waals surface area contributed by atoms with Crippen LogP contribution in [0.1, 0.15) is 15.9 Å². The van der Waals surface area contributed by atoms with E-state index in [1.54, 1.807) is 0 Å². The van der Waals surface area contributed by atoms with Gasteiger partial charge in [0.1, 0.15) is 17.1 Å². The van der Waals surface area contributed by atoms with E-state index in [1.807, 2.05) is 0 Å². The number of amides is 1. The lowest BCUT2D eigenvalue weighted by Gasteiger charge is -2.10. The van der Waals surface area contributed by atoms with Crippen molar-refractivity contribution < 1.29 is 27.1 Å². The Labute approximate surface area is 199 Å². The Kier molecular flexibility index (Phi) is 5.72. The van der Waals surface area contributed by atoms with Crippen molar-refractivity contribution in [2.75, 3.05) is 5.32 Å². The maximum absolute atomic E-state index is 14.4. The van der Waals surface area contributed by atoms with Crippen LogP contribution in [0.5, 0.6) is 11.6 Å². The summed E-state index contributed by atoms with van der Waals surface area (Å²) in [5.74, 6) is -0.982. The maximum Gasteiger partial charge on any atom is 0.417 e. The van der Waals surface area contributed by atoms with Crippen LogP contribution in [0.25, 0.3) is 22.6 Å². The molecule has 36 heavy (non-hydrogen) atoms. The fourth-order valence-electron chi connectivity index (χ4n) is 3.17. The number of H-pyrrole nitrogens is 1. The number of rotatable bonds is 5. The van der Waals surface area contributed by atoms with E-state index >= 15 is 0 Å². The summed E-state index contributed by atoms with van der Waals surface area (Å²) in [5.41, 5.74) is 0.390. The Bertz CT molecular complexity index is 1550. The van der Waals surface area contributed by atoms with E-state index < -0.39 is 23.5 Å². The molecule has 5 rings (SSSR count). The number of nitrogens with zero attached hydrogens (tertiary/aromatic N) is 5. The van der Waals surface area contributed by atoms with Gasteiger partial charge in [0.25, 0.3) is 5.91 Å². The molecule has 0 aliphatic carbocycles. The highest BCUT2D eigenvalue weighted by molar-refractivity contribution is 6.05. The van der Waals surface area contributed by atoms with E-state index in [0.29, 0.717) is 28.6 Å². The first-order valence-corrected chi connectivity index (χ1v) is 10.2. The molecule has 13 heteroatoms. The molecule has 1 amide bonds. The minimum Gasteiger partial charge on any atom is -0.439 e. The molecule has 0 fully saturated rings. The molecule has 0 saturated carbocycles. The third-order valence-electron chi connectivity index (χ3n) is 4.94. The second-order valence-corrected chi connectivity index (χ2v) is 7.38. The summed E-state index contributed by atoms with van der Waals surface area (Å²) in [7, 11) is 0. The number of hydrogen-bond donors (Lipinski definition) is 2. The van der Waals surface area contributed by atoms with Gasteiger partial charge in [0.05, 0.1) is 17.3 Å². The van der Waals surface area contributed by atoms with Crippen LogP contribution < -0.4 is 10.1 Å². The Hall–Kier alpha value is -4.94. The minimum absolute atomic E-state index is 0.0373. The number of nitrogens with one attached hydrogen (secondary N) is 2. The lowest BCUT2D eigenvalue weighted by molar-refractivity contribution is -0.137. The van der Waals surface area contributed by atoms with Crippen LogP contribution in [-0.4, -0.2) is 36.3 Å². The largest absolute Gasteiger partial charge is 0.439 e. The van der Waals surface area contributed by atoms with Gasteiger partial charge >= 0.3 is 6.18 Å². The molecule has 0 bridgehead atoms. The molecule has 3 aromatic heterocycles. The number of ether oxygens (including phenoxy) is 1. The highest BCUT2D eigenvalue weighted by Gasteiger charge is 2.30. The molecule has 0 aliphatic heterocycles. The van der Waals surface area contributed by atoms with Gasteiger partial charge in [-0.1, -0.05) is 0 Å². The molecule has 2 N–H and O–H groups in total. The molecule has 0 saturated heterocycles. The number of benzene rings is 2. The molecule has 0 radical (unpaired) electrons.